The van der Waals surface area contributed by atoms with Crippen LogP contribution in [-0.4, -0.2) is 38.8 Å². The van der Waals surface area contributed by atoms with E-state index in [0.29, 0.717) is 6.61 Å². The lowest BCUT2D eigenvalue weighted by Gasteiger charge is -2.34. The molecule has 2 heterocycles. The first-order valence-electron chi connectivity index (χ1n) is 8.13. The summed E-state index contributed by atoms with van der Waals surface area (Å²) in [5, 5.41) is 16.5. The third kappa shape index (κ3) is 3.96. The molecule has 1 aromatic heterocycles. The number of nitrogens with zero attached hydrogens (tertiary/aromatic N) is 3. The molecule has 0 saturated carbocycles. The highest BCUT2D eigenvalue weighted by molar-refractivity contribution is 5.22. The van der Waals surface area contributed by atoms with E-state index < -0.39 is 0 Å². The van der Waals surface area contributed by atoms with Crippen molar-refractivity contribution in [2.75, 3.05) is 13.7 Å². The number of rotatable bonds is 6. The lowest BCUT2D eigenvalue weighted by molar-refractivity contribution is 0.133. The van der Waals surface area contributed by atoms with Crippen LogP contribution in [0.2, 0.25) is 0 Å². The number of piperidine rings is 1. The quantitative estimate of drug-likeness (QED) is 0.854. The smallest absolute Gasteiger partial charge is 0.167 e. The van der Waals surface area contributed by atoms with Crippen LogP contribution in [0.3, 0.4) is 0 Å². The molecule has 0 amide bonds. The number of aromatic amines is 1. The van der Waals surface area contributed by atoms with Crippen LogP contribution in [0.25, 0.3) is 0 Å². The Kier molecular flexibility index (Phi) is 5.38. The Morgan fingerprint density at radius 2 is 2.04 bits per heavy atom. The number of nitrogens with one attached hydrogen (secondary N) is 1. The molecule has 2 N–H and O–H groups in total. The number of benzene rings is 1. The van der Waals surface area contributed by atoms with Gasteiger partial charge in [-0.05, 0) is 30.5 Å². The zero-order valence-corrected chi connectivity index (χ0v) is 13.5. The summed E-state index contributed by atoms with van der Waals surface area (Å²) >= 11 is 0. The molecule has 1 saturated heterocycles. The second kappa shape index (κ2) is 7.68. The molecule has 0 spiro atoms. The summed E-state index contributed by atoms with van der Waals surface area (Å²) in [6.07, 6.45) is 3.50. The van der Waals surface area contributed by atoms with Gasteiger partial charge in [0.05, 0.1) is 12.6 Å². The first-order chi connectivity index (χ1) is 11.3. The van der Waals surface area contributed by atoms with Crippen molar-refractivity contribution in [2.24, 2.45) is 0 Å². The predicted molar refractivity (Wildman–Crippen MR) is 86.5 cm³/mol. The van der Waals surface area contributed by atoms with E-state index in [1.165, 1.54) is 18.4 Å². The normalized spacial score (nSPS) is 19.1. The van der Waals surface area contributed by atoms with Crippen LogP contribution in [0, 0.1) is 0 Å². The van der Waals surface area contributed by atoms with Crippen molar-refractivity contribution in [3.63, 3.8) is 0 Å². The van der Waals surface area contributed by atoms with Crippen molar-refractivity contribution in [3.05, 3.63) is 47.0 Å². The fourth-order valence-electron chi connectivity index (χ4n) is 3.12. The Hall–Kier alpha value is -1.76. The maximum Gasteiger partial charge on any atom is 0.167 e. The van der Waals surface area contributed by atoms with Gasteiger partial charge in [0.15, 0.2) is 11.6 Å². The number of ether oxygens (including phenoxy) is 1. The molecule has 0 aliphatic carbocycles. The van der Waals surface area contributed by atoms with E-state index in [0.717, 1.165) is 36.7 Å². The highest BCUT2D eigenvalue weighted by Gasteiger charge is 2.27. The molecule has 0 unspecified atom stereocenters. The van der Waals surface area contributed by atoms with Gasteiger partial charge < -0.3 is 9.84 Å². The van der Waals surface area contributed by atoms with Crippen molar-refractivity contribution >= 4 is 0 Å². The monoisotopic (exact) mass is 316 g/mol. The van der Waals surface area contributed by atoms with Crippen molar-refractivity contribution in [1.82, 2.24) is 20.1 Å². The molecule has 124 valence electrons. The SMILES string of the molecule is COCc1nc([C@@H]2CCCCN2Cc2ccc(CO)cc2)n[nH]1. The van der Waals surface area contributed by atoms with Crippen molar-refractivity contribution in [2.45, 2.75) is 45.1 Å². The molecule has 6 nitrogen and oxygen atoms in total. The summed E-state index contributed by atoms with van der Waals surface area (Å²) in [5.41, 5.74) is 2.20. The van der Waals surface area contributed by atoms with Gasteiger partial charge in [0.2, 0.25) is 0 Å². The number of aliphatic hydroxyl groups excluding tert-OH is 1. The third-order valence-electron chi connectivity index (χ3n) is 4.33. The van der Waals surface area contributed by atoms with Crippen LogP contribution in [-0.2, 0) is 24.5 Å². The van der Waals surface area contributed by atoms with Gasteiger partial charge in [0, 0.05) is 13.7 Å². The summed E-state index contributed by atoms with van der Waals surface area (Å²) in [5.74, 6) is 1.64. The zero-order valence-electron chi connectivity index (χ0n) is 13.5. The van der Waals surface area contributed by atoms with Gasteiger partial charge in [0.1, 0.15) is 6.61 Å². The van der Waals surface area contributed by atoms with Gasteiger partial charge >= 0.3 is 0 Å². The van der Waals surface area contributed by atoms with Crippen LogP contribution in [0.4, 0.5) is 0 Å². The van der Waals surface area contributed by atoms with Crippen LogP contribution >= 0.6 is 0 Å². The van der Waals surface area contributed by atoms with Crippen LogP contribution in [0.5, 0.6) is 0 Å². The molecule has 23 heavy (non-hydrogen) atoms. The van der Waals surface area contributed by atoms with Gasteiger partial charge in [-0.15, -0.1) is 0 Å². The largest absolute Gasteiger partial charge is 0.392 e. The molecule has 1 aliphatic rings. The standard InChI is InChI=1S/C17H24N4O2/c1-23-12-16-18-17(20-19-16)15-4-2-3-9-21(15)10-13-5-7-14(11-22)8-6-13/h5-8,15,22H,2-4,9-12H2,1H3,(H,18,19,20)/t15-/m0/s1. The van der Waals surface area contributed by atoms with E-state index in [9.17, 15) is 0 Å². The first-order valence-corrected chi connectivity index (χ1v) is 8.13. The molecule has 6 heteroatoms. The Labute approximate surface area is 136 Å². The van der Waals surface area contributed by atoms with E-state index in [4.69, 9.17) is 9.84 Å². The Morgan fingerprint density at radius 1 is 1.26 bits per heavy atom. The fourth-order valence-corrected chi connectivity index (χ4v) is 3.12. The number of hydrogen-bond acceptors (Lipinski definition) is 5. The summed E-state index contributed by atoms with van der Waals surface area (Å²) in [4.78, 5) is 7.02. The summed E-state index contributed by atoms with van der Waals surface area (Å²) < 4.78 is 5.11. The van der Waals surface area contributed by atoms with Crippen molar-refractivity contribution < 1.29 is 9.84 Å². The lowest BCUT2D eigenvalue weighted by atomic mass is 10.0. The molecular formula is C17H24N4O2. The molecule has 1 aliphatic heterocycles. The molecule has 0 radical (unpaired) electrons. The highest BCUT2D eigenvalue weighted by Crippen LogP contribution is 2.30. The van der Waals surface area contributed by atoms with Gasteiger partial charge in [0.25, 0.3) is 0 Å². The highest BCUT2D eigenvalue weighted by atomic mass is 16.5. The number of aliphatic hydroxyl groups is 1. The molecule has 0 bridgehead atoms. The third-order valence-corrected chi connectivity index (χ3v) is 4.33. The molecule has 1 aromatic carbocycles. The van der Waals surface area contributed by atoms with Gasteiger partial charge in [-0.25, -0.2) is 4.98 Å². The second-order valence-corrected chi connectivity index (χ2v) is 6.03. The van der Waals surface area contributed by atoms with Gasteiger partial charge in [-0.2, -0.15) is 5.10 Å². The minimum absolute atomic E-state index is 0.0894. The van der Waals surface area contributed by atoms with Crippen LogP contribution in [0.1, 0.15) is 48.1 Å². The second-order valence-electron chi connectivity index (χ2n) is 6.03. The van der Waals surface area contributed by atoms with Crippen molar-refractivity contribution in [1.29, 1.82) is 0 Å². The molecule has 1 fully saturated rings. The maximum absolute atomic E-state index is 9.15. The number of likely N-dealkylation sites (tertiary alicyclic amines) is 1. The Balaban J connectivity index is 1.72. The average Bonchev–Trinajstić information content (AvgIpc) is 3.05. The van der Waals surface area contributed by atoms with E-state index in [2.05, 4.69) is 32.2 Å². The van der Waals surface area contributed by atoms with E-state index in [1.807, 2.05) is 12.1 Å². The Morgan fingerprint density at radius 3 is 2.78 bits per heavy atom. The lowest BCUT2D eigenvalue weighted by Crippen LogP contribution is -2.33. The van der Waals surface area contributed by atoms with Crippen LogP contribution < -0.4 is 0 Å². The molecule has 3 rings (SSSR count). The van der Waals surface area contributed by atoms with Crippen molar-refractivity contribution in [3.8, 4) is 0 Å². The number of hydrogen-bond donors (Lipinski definition) is 2. The van der Waals surface area contributed by atoms with Crippen LogP contribution in [0.15, 0.2) is 24.3 Å². The fraction of sp³-hybridized carbons (Fsp3) is 0.529. The van der Waals surface area contributed by atoms with Gasteiger partial charge in [-0.3, -0.25) is 10.00 Å². The molecule has 2 aromatic rings. The summed E-state index contributed by atoms with van der Waals surface area (Å²) in [6, 6.07) is 8.40. The van der Waals surface area contributed by atoms with E-state index in [-0.39, 0.29) is 12.6 Å². The van der Waals surface area contributed by atoms with Gasteiger partial charge in [-0.1, -0.05) is 30.7 Å². The first kappa shape index (κ1) is 16.1. The Bertz CT molecular complexity index is 611. The summed E-state index contributed by atoms with van der Waals surface area (Å²) in [6.45, 7) is 2.49. The maximum atomic E-state index is 9.15. The molecule has 1 atom stereocenters. The summed E-state index contributed by atoms with van der Waals surface area (Å²) in [7, 11) is 1.66. The minimum Gasteiger partial charge on any atom is -0.392 e. The number of methoxy groups -OCH3 is 1. The molecular weight excluding hydrogens is 292 g/mol. The van der Waals surface area contributed by atoms with E-state index in [1.54, 1.807) is 7.11 Å². The average molecular weight is 316 g/mol. The number of aromatic nitrogens is 3. The predicted octanol–water partition coefficient (Wildman–Crippen LogP) is 2.17. The van der Waals surface area contributed by atoms with E-state index >= 15 is 0 Å². The number of H-pyrrole nitrogens is 1. The topological polar surface area (TPSA) is 74.3 Å². The zero-order chi connectivity index (χ0) is 16.1. The minimum atomic E-state index is 0.0894.